The van der Waals surface area contributed by atoms with Gasteiger partial charge < -0.3 is 15.6 Å². The van der Waals surface area contributed by atoms with E-state index < -0.39 is 0 Å². The molecule has 0 fully saturated rings. The fourth-order valence-corrected chi connectivity index (χ4v) is 3.38. The number of benzene rings is 1. The van der Waals surface area contributed by atoms with Crippen LogP contribution in [0.3, 0.4) is 0 Å². The standard InChI is InChI=1S/C20H25N3O2.ClH/c21-11-13-23(12-10-15-6-2-1-3-7-15)20(25)17-14-16-8-4-5-9-18(16)22-19(17)24;/h1-3,6-7,14H,4-5,8-13,21H2,(H,22,24);1H. The van der Waals surface area contributed by atoms with Gasteiger partial charge in [-0.15, -0.1) is 12.4 Å². The lowest BCUT2D eigenvalue weighted by atomic mass is 9.95. The molecule has 0 aliphatic heterocycles. The van der Waals surface area contributed by atoms with Crippen molar-refractivity contribution >= 4 is 18.3 Å². The number of nitrogens with one attached hydrogen (secondary N) is 1. The maximum atomic E-state index is 12.9. The molecule has 0 bridgehead atoms. The van der Waals surface area contributed by atoms with Crippen LogP contribution in [0, 0.1) is 0 Å². The van der Waals surface area contributed by atoms with Crippen LogP contribution in [0.5, 0.6) is 0 Å². The molecule has 1 aromatic carbocycles. The van der Waals surface area contributed by atoms with Gasteiger partial charge in [-0.1, -0.05) is 30.3 Å². The number of rotatable bonds is 6. The van der Waals surface area contributed by atoms with Gasteiger partial charge in [-0.3, -0.25) is 9.59 Å². The first-order valence-electron chi connectivity index (χ1n) is 8.97. The molecule has 1 amide bonds. The lowest BCUT2D eigenvalue weighted by molar-refractivity contribution is 0.0760. The number of pyridine rings is 1. The van der Waals surface area contributed by atoms with Crippen molar-refractivity contribution in [1.82, 2.24) is 9.88 Å². The van der Waals surface area contributed by atoms with Crippen molar-refractivity contribution in [3.63, 3.8) is 0 Å². The third-order valence-corrected chi connectivity index (χ3v) is 4.77. The molecule has 0 unspecified atom stereocenters. The number of fused-ring (bicyclic) bond motifs is 1. The number of H-pyrrole nitrogens is 1. The molecular formula is C20H26ClN3O2. The highest BCUT2D eigenvalue weighted by molar-refractivity contribution is 5.94. The van der Waals surface area contributed by atoms with Gasteiger partial charge in [-0.25, -0.2) is 0 Å². The van der Waals surface area contributed by atoms with Gasteiger partial charge in [-0.2, -0.15) is 0 Å². The minimum Gasteiger partial charge on any atom is -0.337 e. The van der Waals surface area contributed by atoms with Gasteiger partial charge in [0.2, 0.25) is 0 Å². The molecule has 140 valence electrons. The average Bonchev–Trinajstić information content (AvgIpc) is 2.65. The van der Waals surface area contributed by atoms with E-state index in [-0.39, 0.29) is 29.4 Å². The lowest BCUT2D eigenvalue weighted by Crippen LogP contribution is -2.39. The topological polar surface area (TPSA) is 79.2 Å². The van der Waals surface area contributed by atoms with Gasteiger partial charge in [-0.05, 0) is 49.3 Å². The molecule has 1 aliphatic carbocycles. The predicted molar refractivity (Wildman–Crippen MR) is 106 cm³/mol. The normalized spacial score (nSPS) is 12.8. The minimum absolute atomic E-state index is 0. The Bertz CT molecular complexity index is 789. The Labute approximate surface area is 160 Å². The van der Waals surface area contributed by atoms with Crippen molar-refractivity contribution in [2.75, 3.05) is 19.6 Å². The molecule has 3 N–H and O–H groups in total. The first-order valence-corrected chi connectivity index (χ1v) is 8.97. The van der Waals surface area contributed by atoms with Gasteiger partial charge in [0.05, 0.1) is 0 Å². The molecule has 0 saturated carbocycles. The zero-order valence-electron chi connectivity index (χ0n) is 14.9. The van der Waals surface area contributed by atoms with Crippen LogP contribution in [-0.2, 0) is 19.3 Å². The van der Waals surface area contributed by atoms with Crippen LogP contribution >= 0.6 is 12.4 Å². The van der Waals surface area contributed by atoms with Crippen LogP contribution in [0.4, 0.5) is 0 Å². The van der Waals surface area contributed by atoms with Gasteiger partial charge in [0.1, 0.15) is 5.56 Å². The minimum atomic E-state index is -0.285. The molecular weight excluding hydrogens is 350 g/mol. The Morgan fingerprint density at radius 2 is 1.85 bits per heavy atom. The first kappa shape index (κ1) is 20.2. The van der Waals surface area contributed by atoms with E-state index in [1.807, 2.05) is 30.3 Å². The number of carbonyl (C=O) groups excluding carboxylic acids is 1. The Balaban J connectivity index is 0.00000243. The molecule has 1 aliphatic rings. The Hall–Kier alpha value is -2.11. The summed E-state index contributed by atoms with van der Waals surface area (Å²) in [6, 6.07) is 11.8. The summed E-state index contributed by atoms with van der Waals surface area (Å²) in [6.07, 6.45) is 4.75. The summed E-state index contributed by atoms with van der Waals surface area (Å²) in [6.45, 7) is 1.38. The molecule has 0 atom stereocenters. The van der Waals surface area contributed by atoms with Crippen LogP contribution in [0.25, 0.3) is 0 Å². The number of aromatic amines is 1. The summed E-state index contributed by atoms with van der Waals surface area (Å²) in [7, 11) is 0. The highest BCUT2D eigenvalue weighted by Crippen LogP contribution is 2.19. The number of hydrogen-bond acceptors (Lipinski definition) is 3. The zero-order chi connectivity index (χ0) is 17.6. The van der Waals surface area contributed by atoms with E-state index >= 15 is 0 Å². The van der Waals surface area contributed by atoms with Crippen molar-refractivity contribution in [3.05, 3.63) is 69.1 Å². The maximum absolute atomic E-state index is 12.9. The Morgan fingerprint density at radius 3 is 2.58 bits per heavy atom. The van der Waals surface area contributed by atoms with Gasteiger partial charge in [0.15, 0.2) is 0 Å². The predicted octanol–water partition coefficient (Wildman–Crippen LogP) is 2.32. The average molecular weight is 376 g/mol. The smallest absolute Gasteiger partial charge is 0.261 e. The molecule has 0 radical (unpaired) electrons. The first-order chi connectivity index (χ1) is 12.2. The number of nitrogens with two attached hydrogens (primary N) is 1. The number of aryl methyl sites for hydroxylation is 2. The summed E-state index contributed by atoms with van der Waals surface area (Å²) in [5.41, 5.74) is 8.89. The highest BCUT2D eigenvalue weighted by atomic mass is 35.5. The number of carbonyl (C=O) groups is 1. The fraction of sp³-hybridized carbons (Fsp3) is 0.400. The number of aromatic nitrogens is 1. The maximum Gasteiger partial charge on any atom is 0.261 e. The van der Waals surface area contributed by atoms with Gasteiger partial charge in [0, 0.05) is 25.3 Å². The van der Waals surface area contributed by atoms with E-state index in [1.165, 1.54) is 0 Å². The van der Waals surface area contributed by atoms with E-state index in [0.29, 0.717) is 19.6 Å². The number of nitrogens with zero attached hydrogens (tertiary/aromatic N) is 1. The van der Waals surface area contributed by atoms with Gasteiger partial charge >= 0.3 is 0 Å². The number of halogens is 1. The fourth-order valence-electron chi connectivity index (χ4n) is 3.38. The summed E-state index contributed by atoms with van der Waals surface area (Å²) in [5.74, 6) is -0.226. The van der Waals surface area contributed by atoms with Crippen LogP contribution in [0.1, 0.15) is 40.0 Å². The zero-order valence-corrected chi connectivity index (χ0v) is 15.7. The van der Waals surface area contributed by atoms with Crippen LogP contribution < -0.4 is 11.3 Å². The second-order valence-corrected chi connectivity index (χ2v) is 6.54. The third kappa shape index (κ3) is 4.74. The summed E-state index contributed by atoms with van der Waals surface area (Å²) >= 11 is 0. The van der Waals surface area contributed by atoms with Crippen molar-refractivity contribution in [2.45, 2.75) is 32.1 Å². The molecule has 6 heteroatoms. The van der Waals surface area contributed by atoms with E-state index in [2.05, 4.69) is 4.98 Å². The summed E-state index contributed by atoms with van der Waals surface area (Å²) < 4.78 is 0. The molecule has 2 aromatic rings. The van der Waals surface area contributed by atoms with Crippen molar-refractivity contribution < 1.29 is 4.79 Å². The molecule has 0 saturated heterocycles. The van der Waals surface area contributed by atoms with E-state index in [0.717, 1.165) is 48.9 Å². The lowest BCUT2D eigenvalue weighted by Gasteiger charge is -2.23. The van der Waals surface area contributed by atoms with Crippen molar-refractivity contribution in [3.8, 4) is 0 Å². The summed E-state index contributed by atoms with van der Waals surface area (Å²) in [5, 5.41) is 0. The van der Waals surface area contributed by atoms with E-state index in [9.17, 15) is 9.59 Å². The largest absolute Gasteiger partial charge is 0.337 e. The molecule has 1 heterocycles. The number of hydrogen-bond donors (Lipinski definition) is 2. The molecule has 1 aromatic heterocycles. The van der Waals surface area contributed by atoms with E-state index in [1.54, 1.807) is 11.0 Å². The Kier molecular flexibility index (Phi) is 7.42. The molecule has 26 heavy (non-hydrogen) atoms. The summed E-state index contributed by atoms with van der Waals surface area (Å²) in [4.78, 5) is 29.9. The van der Waals surface area contributed by atoms with Crippen molar-refractivity contribution in [1.29, 1.82) is 0 Å². The van der Waals surface area contributed by atoms with Crippen LogP contribution in [0.2, 0.25) is 0 Å². The van der Waals surface area contributed by atoms with Crippen LogP contribution in [-0.4, -0.2) is 35.4 Å². The number of amides is 1. The Morgan fingerprint density at radius 1 is 1.12 bits per heavy atom. The quantitative estimate of drug-likeness (QED) is 0.813. The van der Waals surface area contributed by atoms with Crippen molar-refractivity contribution in [2.24, 2.45) is 5.73 Å². The van der Waals surface area contributed by atoms with E-state index in [4.69, 9.17) is 5.73 Å². The highest BCUT2D eigenvalue weighted by Gasteiger charge is 2.21. The third-order valence-electron chi connectivity index (χ3n) is 4.77. The second kappa shape index (κ2) is 9.55. The van der Waals surface area contributed by atoms with Gasteiger partial charge in [0.25, 0.3) is 11.5 Å². The monoisotopic (exact) mass is 375 g/mol. The second-order valence-electron chi connectivity index (χ2n) is 6.54. The van der Waals surface area contributed by atoms with Crippen LogP contribution in [0.15, 0.2) is 41.2 Å². The molecule has 3 rings (SSSR count). The molecule has 0 spiro atoms. The molecule has 5 nitrogen and oxygen atoms in total. The SMILES string of the molecule is Cl.NCCN(CCc1ccccc1)C(=O)c1cc2c([nH]c1=O)CCCC2.